The molecule has 0 radical (unpaired) electrons. The number of imidazole rings is 1. The number of nitrogens with zero attached hydrogens (tertiary/aromatic N) is 4. The third-order valence-electron chi connectivity index (χ3n) is 10.1. The summed E-state index contributed by atoms with van der Waals surface area (Å²) in [5, 5.41) is 7.70. The largest absolute Gasteiger partial charge is 0.384 e. The molecule has 2 aliphatic rings. The van der Waals surface area contributed by atoms with Gasteiger partial charge in [0.05, 0.1) is 24.2 Å². The van der Waals surface area contributed by atoms with E-state index in [0.717, 1.165) is 98.7 Å². The number of fused-ring (bicyclic) bond motifs is 1. The number of nitrogens with two attached hydrogens (primary N) is 2. The molecule has 5 N–H and O–H groups in total. The molecule has 0 bridgehead atoms. The third-order valence-corrected chi connectivity index (χ3v) is 10.1. The molecule has 9 nitrogen and oxygen atoms in total. The van der Waals surface area contributed by atoms with E-state index in [1.54, 1.807) is 0 Å². The van der Waals surface area contributed by atoms with Crippen molar-refractivity contribution in [3.05, 3.63) is 100 Å². The third kappa shape index (κ3) is 8.69. The molecule has 9 heteroatoms. The molecule has 0 spiro atoms. The minimum absolute atomic E-state index is 0.0688. The number of nitrogens with one attached hydrogen (secondary N) is 1. The van der Waals surface area contributed by atoms with Crippen molar-refractivity contribution in [2.45, 2.75) is 71.0 Å². The van der Waals surface area contributed by atoms with E-state index in [-0.39, 0.29) is 11.7 Å². The van der Waals surface area contributed by atoms with E-state index in [4.69, 9.17) is 26.6 Å². The van der Waals surface area contributed by atoms with Crippen molar-refractivity contribution in [3.8, 4) is 0 Å². The molecule has 1 saturated heterocycles. The number of aromatic nitrogens is 2. The molecule has 0 atom stereocenters. The fourth-order valence-corrected chi connectivity index (χ4v) is 7.22. The summed E-state index contributed by atoms with van der Waals surface area (Å²) in [5.41, 5.74) is 18.3. The van der Waals surface area contributed by atoms with Gasteiger partial charge in [-0.1, -0.05) is 67.8 Å². The Balaban J connectivity index is 1.24. The fraction of sp³-hybridized carbons (Fsp3) is 0.462. The number of amides is 1. The Hall–Kier alpha value is -4.05. The summed E-state index contributed by atoms with van der Waals surface area (Å²) >= 11 is 0. The second-order valence-corrected chi connectivity index (χ2v) is 13.5. The van der Waals surface area contributed by atoms with E-state index < -0.39 is 0 Å². The highest BCUT2D eigenvalue weighted by molar-refractivity contribution is 5.97. The van der Waals surface area contributed by atoms with Gasteiger partial charge in [-0.15, -0.1) is 0 Å². The van der Waals surface area contributed by atoms with Gasteiger partial charge in [-0.25, -0.2) is 4.98 Å². The monoisotopic (exact) mass is 649 g/mol. The van der Waals surface area contributed by atoms with Crippen LogP contribution in [0.25, 0.3) is 11.0 Å². The number of benzene rings is 3. The summed E-state index contributed by atoms with van der Waals surface area (Å²) in [7, 11) is 0. The highest BCUT2D eigenvalue weighted by atomic mass is 16.5. The predicted molar refractivity (Wildman–Crippen MR) is 192 cm³/mol. The van der Waals surface area contributed by atoms with Crippen molar-refractivity contribution in [2.75, 3.05) is 39.4 Å². The second-order valence-electron chi connectivity index (χ2n) is 13.5. The minimum Gasteiger partial charge on any atom is -0.384 e. The molecular weight excluding hydrogens is 598 g/mol. The fourth-order valence-electron chi connectivity index (χ4n) is 7.22. The first kappa shape index (κ1) is 33.8. The molecule has 1 aliphatic heterocycles. The molecule has 48 heavy (non-hydrogen) atoms. The quantitative estimate of drug-likeness (QED) is 0.122. The van der Waals surface area contributed by atoms with Gasteiger partial charge in [-0.3, -0.25) is 15.1 Å². The molecule has 2 heterocycles. The lowest BCUT2D eigenvalue weighted by Gasteiger charge is -2.30. The van der Waals surface area contributed by atoms with Crippen LogP contribution in [-0.4, -0.2) is 70.5 Å². The summed E-state index contributed by atoms with van der Waals surface area (Å²) < 4.78 is 7.90. The first-order valence-electron chi connectivity index (χ1n) is 17.8. The smallest absolute Gasteiger partial charge is 0.254 e. The van der Waals surface area contributed by atoms with Gasteiger partial charge < -0.3 is 25.7 Å². The number of nitrogen functional groups attached to an aromatic ring is 1. The standard InChI is InChI=1S/C39H51N7O2/c40-26-30-7-9-32(10-8-30)28-45(27-31-5-2-1-3-6-31)39(47)34-16-17-36-35(25-34)43-37(18-13-29-11-14-33(15-12-29)38(41)42)46(36)20-4-19-44-21-23-48-24-22-44/h7-12,14-17,25,31H,1-6,13,18-24,26-28,40H2,(H3,41,42). The van der Waals surface area contributed by atoms with Crippen LogP contribution >= 0.6 is 0 Å². The molecule has 254 valence electrons. The van der Waals surface area contributed by atoms with Crippen molar-refractivity contribution in [1.29, 1.82) is 5.41 Å². The molecule has 1 saturated carbocycles. The van der Waals surface area contributed by atoms with Gasteiger partial charge in [-0.05, 0) is 66.5 Å². The van der Waals surface area contributed by atoms with Crippen molar-refractivity contribution < 1.29 is 9.53 Å². The number of carbonyl (C=O) groups excluding carboxylic acids is 1. The molecule has 2 fully saturated rings. The van der Waals surface area contributed by atoms with Crippen molar-refractivity contribution >= 4 is 22.8 Å². The normalized spacial score (nSPS) is 15.9. The molecular formula is C39H51N7O2. The number of amidine groups is 1. The number of rotatable bonds is 14. The number of hydrogen-bond donors (Lipinski definition) is 3. The molecule has 4 aromatic rings. The Kier molecular flexibility index (Phi) is 11.5. The number of aryl methyl sites for hydroxylation is 3. The lowest BCUT2D eigenvalue weighted by molar-refractivity contribution is 0.0369. The van der Waals surface area contributed by atoms with Gasteiger partial charge in [0.2, 0.25) is 0 Å². The molecule has 1 aromatic heterocycles. The van der Waals surface area contributed by atoms with Crippen LogP contribution in [0.1, 0.15) is 77.0 Å². The zero-order valence-corrected chi connectivity index (χ0v) is 28.2. The molecule has 1 aliphatic carbocycles. The maximum atomic E-state index is 14.2. The molecule has 3 aromatic carbocycles. The first-order valence-corrected chi connectivity index (χ1v) is 17.8. The Morgan fingerprint density at radius 1 is 0.875 bits per heavy atom. The Morgan fingerprint density at radius 3 is 2.27 bits per heavy atom. The maximum Gasteiger partial charge on any atom is 0.254 e. The summed E-state index contributed by atoms with van der Waals surface area (Å²) in [6.07, 6.45) is 8.78. The summed E-state index contributed by atoms with van der Waals surface area (Å²) in [5.74, 6) is 1.72. The zero-order valence-electron chi connectivity index (χ0n) is 28.2. The maximum absolute atomic E-state index is 14.2. The Morgan fingerprint density at radius 2 is 1.56 bits per heavy atom. The van der Waals surface area contributed by atoms with Gasteiger partial charge in [0.1, 0.15) is 11.7 Å². The van der Waals surface area contributed by atoms with Crippen molar-refractivity contribution in [1.82, 2.24) is 19.4 Å². The van der Waals surface area contributed by atoms with E-state index in [1.807, 2.05) is 36.4 Å². The average molecular weight is 650 g/mol. The number of hydrogen-bond acceptors (Lipinski definition) is 6. The van der Waals surface area contributed by atoms with Gasteiger partial charge in [0, 0.05) is 63.4 Å². The first-order chi connectivity index (χ1) is 23.5. The van der Waals surface area contributed by atoms with Crippen LogP contribution in [0.15, 0.2) is 66.7 Å². The molecule has 0 unspecified atom stereocenters. The van der Waals surface area contributed by atoms with Crippen LogP contribution in [0.4, 0.5) is 0 Å². The topological polar surface area (TPSA) is 126 Å². The summed E-state index contributed by atoms with van der Waals surface area (Å²) in [6.45, 7) is 7.33. The predicted octanol–water partition coefficient (Wildman–Crippen LogP) is 5.51. The lowest BCUT2D eigenvalue weighted by Crippen LogP contribution is -2.37. The van der Waals surface area contributed by atoms with Gasteiger partial charge in [-0.2, -0.15) is 0 Å². The number of carbonyl (C=O) groups is 1. The Labute approximate surface area is 284 Å². The highest BCUT2D eigenvalue weighted by Gasteiger charge is 2.24. The SMILES string of the molecule is N=C(N)c1ccc(CCc2nc3cc(C(=O)N(Cc4ccc(CN)cc4)CC4CCCCC4)ccc3n2CCCN2CCOCC2)cc1. The van der Waals surface area contributed by atoms with E-state index >= 15 is 0 Å². The molecule has 1 amide bonds. The zero-order chi connectivity index (χ0) is 33.3. The minimum atomic E-state index is 0.0688. The van der Waals surface area contributed by atoms with Crippen LogP contribution in [0.3, 0.4) is 0 Å². The van der Waals surface area contributed by atoms with Crippen molar-refractivity contribution in [2.24, 2.45) is 17.4 Å². The van der Waals surface area contributed by atoms with Crippen LogP contribution in [0.5, 0.6) is 0 Å². The summed E-state index contributed by atoms with van der Waals surface area (Å²) in [4.78, 5) is 23.9. The molecule has 6 rings (SSSR count). The second kappa shape index (κ2) is 16.4. The van der Waals surface area contributed by atoms with Crippen LogP contribution in [-0.2, 0) is 37.2 Å². The van der Waals surface area contributed by atoms with Crippen molar-refractivity contribution in [3.63, 3.8) is 0 Å². The van der Waals surface area contributed by atoms with Crippen LogP contribution in [0.2, 0.25) is 0 Å². The van der Waals surface area contributed by atoms with E-state index in [2.05, 4.69) is 44.7 Å². The van der Waals surface area contributed by atoms with Gasteiger partial charge in [0.25, 0.3) is 5.91 Å². The summed E-state index contributed by atoms with van der Waals surface area (Å²) in [6, 6.07) is 22.4. The number of morpholine rings is 1. The van der Waals surface area contributed by atoms with E-state index in [9.17, 15) is 4.79 Å². The highest BCUT2D eigenvalue weighted by Crippen LogP contribution is 2.27. The Bertz CT molecular complexity index is 1650. The van der Waals surface area contributed by atoms with Crippen LogP contribution in [0, 0.1) is 11.3 Å². The van der Waals surface area contributed by atoms with Gasteiger partial charge in [0.15, 0.2) is 0 Å². The van der Waals surface area contributed by atoms with E-state index in [0.29, 0.717) is 24.6 Å². The van der Waals surface area contributed by atoms with Crippen LogP contribution < -0.4 is 11.5 Å². The lowest BCUT2D eigenvalue weighted by atomic mass is 9.88. The van der Waals surface area contributed by atoms with Gasteiger partial charge >= 0.3 is 0 Å². The van der Waals surface area contributed by atoms with E-state index in [1.165, 1.54) is 37.7 Å². The number of ether oxygens (including phenoxy) is 1. The average Bonchev–Trinajstić information content (AvgIpc) is 3.48.